The van der Waals surface area contributed by atoms with Crippen molar-refractivity contribution in [3.05, 3.63) is 23.8 Å². The van der Waals surface area contributed by atoms with Crippen molar-refractivity contribution >= 4 is 11.6 Å². The van der Waals surface area contributed by atoms with Gasteiger partial charge in [0.1, 0.15) is 11.3 Å². The zero-order valence-corrected chi connectivity index (χ0v) is 11.8. The number of carbonyl (C=O) groups excluding carboxylic acids is 1. The van der Waals surface area contributed by atoms with Crippen molar-refractivity contribution in [1.82, 2.24) is 5.32 Å². The molecule has 1 fully saturated rings. The molecule has 0 spiro atoms. The van der Waals surface area contributed by atoms with Gasteiger partial charge in [-0.05, 0) is 31.9 Å². The van der Waals surface area contributed by atoms with E-state index in [-0.39, 0.29) is 11.9 Å². The Kier molecular flexibility index (Phi) is 4.84. The highest BCUT2D eigenvalue weighted by Gasteiger charge is 2.26. The van der Waals surface area contributed by atoms with Gasteiger partial charge >= 0.3 is 0 Å². The minimum Gasteiger partial charge on any atom is -0.493 e. The minimum absolute atomic E-state index is 0.203. The second kappa shape index (κ2) is 6.61. The SMILES string of the molecule is CCOc1cccc(N)c1C(=O)NC1CCCCC1O. The van der Waals surface area contributed by atoms with Crippen LogP contribution in [0.25, 0.3) is 0 Å². The zero-order valence-electron chi connectivity index (χ0n) is 11.8. The lowest BCUT2D eigenvalue weighted by molar-refractivity contribution is 0.0715. The summed E-state index contributed by atoms with van der Waals surface area (Å²) in [6.45, 7) is 2.32. The van der Waals surface area contributed by atoms with Crippen LogP contribution in [-0.2, 0) is 0 Å². The van der Waals surface area contributed by atoms with E-state index < -0.39 is 6.10 Å². The Labute approximate surface area is 119 Å². The average molecular weight is 278 g/mol. The third-order valence-electron chi connectivity index (χ3n) is 3.63. The smallest absolute Gasteiger partial charge is 0.257 e. The van der Waals surface area contributed by atoms with Crippen molar-refractivity contribution < 1.29 is 14.6 Å². The Morgan fingerprint density at radius 3 is 2.90 bits per heavy atom. The maximum Gasteiger partial charge on any atom is 0.257 e. The Bertz CT molecular complexity index is 476. The molecule has 2 rings (SSSR count). The first-order valence-corrected chi connectivity index (χ1v) is 7.13. The average Bonchev–Trinajstić information content (AvgIpc) is 2.42. The lowest BCUT2D eigenvalue weighted by Gasteiger charge is -2.28. The van der Waals surface area contributed by atoms with Crippen LogP contribution in [0.15, 0.2) is 18.2 Å². The van der Waals surface area contributed by atoms with Gasteiger partial charge in [-0.15, -0.1) is 0 Å². The summed E-state index contributed by atoms with van der Waals surface area (Å²) in [5, 5.41) is 12.8. The van der Waals surface area contributed by atoms with Crippen molar-refractivity contribution in [2.75, 3.05) is 12.3 Å². The molecule has 1 aliphatic carbocycles. The summed E-state index contributed by atoms with van der Waals surface area (Å²) < 4.78 is 5.45. The van der Waals surface area contributed by atoms with E-state index in [2.05, 4.69) is 5.32 Å². The predicted octanol–water partition coefficient (Wildman–Crippen LogP) is 1.70. The number of nitrogens with two attached hydrogens (primary N) is 1. The van der Waals surface area contributed by atoms with E-state index in [0.29, 0.717) is 23.6 Å². The van der Waals surface area contributed by atoms with Gasteiger partial charge in [-0.1, -0.05) is 18.9 Å². The summed E-state index contributed by atoms with van der Waals surface area (Å²) in [6.07, 6.45) is 3.07. The van der Waals surface area contributed by atoms with Crippen LogP contribution in [0.3, 0.4) is 0 Å². The van der Waals surface area contributed by atoms with Crippen LogP contribution in [0.2, 0.25) is 0 Å². The number of hydrogen-bond donors (Lipinski definition) is 3. The fourth-order valence-corrected chi connectivity index (χ4v) is 2.59. The van der Waals surface area contributed by atoms with Crippen LogP contribution in [0, 0.1) is 0 Å². The first kappa shape index (κ1) is 14.7. The van der Waals surface area contributed by atoms with Crippen molar-refractivity contribution in [3.8, 4) is 5.75 Å². The second-order valence-corrected chi connectivity index (χ2v) is 5.09. The van der Waals surface area contributed by atoms with Crippen molar-refractivity contribution in [3.63, 3.8) is 0 Å². The maximum atomic E-state index is 12.4. The van der Waals surface area contributed by atoms with Crippen LogP contribution in [0.4, 0.5) is 5.69 Å². The van der Waals surface area contributed by atoms with Gasteiger partial charge < -0.3 is 20.9 Å². The van der Waals surface area contributed by atoms with Crippen LogP contribution < -0.4 is 15.8 Å². The number of nitrogens with one attached hydrogen (secondary N) is 1. The van der Waals surface area contributed by atoms with Crippen molar-refractivity contribution in [2.24, 2.45) is 0 Å². The van der Waals surface area contributed by atoms with E-state index in [9.17, 15) is 9.90 Å². The van der Waals surface area contributed by atoms with E-state index >= 15 is 0 Å². The number of benzene rings is 1. The van der Waals surface area contributed by atoms with E-state index in [4.69, 9.17) is 10.5 Å². The molecule has 0 radical (unpaired) electrons. The summed E-state index contributed by atoms with van der Waals surface area (Å²) in [7, 11) is 0. The lowest BCUT2D eigenvalue weighted by atomic mass is 9.92. The molecule has 5 nitrogen and oxygen atoms in total. The lowest BCUT2D eigenvalue weighted by Crippen LogP contribution is -2.45. The Hall–Kier alpha value is -1.75. The van der Waals surface area contributed by atoms with E-state index in [0.717, 1.165) is 25.7 Å². The molecule has 0 saturated heterocycles. The summed E-state index contributed by atoms with van der Waals surface area (Å²) >= 11 is 0. The summed E-state index contributed by atoms with van der Waals surface area (Å²) in [4.78, 5) is 12.4. The molecule has 1 saturated carbocycles. The molecular weight excluding hydrogens is 256 g/mol. The molecule has 0 aliphatic heterocycles. The largest absolute Gasteiger partial charge is 0.493 e. The number of rotatable bonds is 4. The molecule has 0 bridgehead atoms. The Balaban J connectivity index is 2.16. The standard InChI is InChI=1S/C15H22N2O3/c1-2-20-13-9-5-6-10(16)14(13)15(19)17-11-7-3-4-8-12(11)18/h5-6,9,11-12,18H,2-4,7-8,16H2,1H3,(H,17,19). The molecule has 4 N–H and O–H groups in total. The maximum absolute atomic E-state index is 12.4. The van der Waals surface area contributed by atoms with Crippen molar-refractivity contribution in [1.29, 1.82) is 0 Å². The molecule has 1 aromatic carbocycles. The predicted molar refractivity (Wildman–Crippen MR) is 77.8 cm³/mol. The number of aliphatic hydroxyl groups is 1. The second-order valence-electron chi connectivity index (χ2n) is 5.09. The number of amides is 1. The van der Waals surface area contributed by atoms with E-state index in [1.807, 2.05) is 6.92 Å². The first-order chi connectivity index (χ1) is 9.63. The molecule has 0 heterocycles. The topological polar surface area (TPSA) is 84.6 Å². The van der Waals surface area contributed by atoms with Crippen molar-refractivity contribution in [2.45, 2.75) is 44.8 Å². The third kappa shape index (κ3) is 3.22. The van der Waals surface area contributed by atoms with Gasteiger partial charge in [0.25, 0.3) is 5.91 Å². The molecule has 20 heavy (non-hydrogen) atoms. The number of aliphatic hydroxyl groups excluding tert-OH is 1. The highest BCUT2D eigenvalue weighted by Crippen LogP contribution is 2.25. The molecule has 1 aromatic rings. The fraction of sp³-hybridized carbons (Fsp3) is 0.533. The van der Waals surface area contributed by atoms with Crippen LogP contribution in [0.1, 0.15) is 43.0 Å². The normalized spacial score (nSPS) is 22.3. The number of hydrogen-bond acceptors (Lipinski definition) is 4. The van der Waals surface area contributed by atoms with Gasteiger partial charge in [0.05, 0.1) is 18.8 Å². The number of carbonyl (C=O) groups is 1. The molecule has 0 aromatic heterocycles. The van der Waals surface area contributed by atoms with Crippen LogP contribution in [-0.4, -0.2) is 29.8 Å². The fourth-order valence-electron chi connectivity index (χ4n) is 2.59. The molecule has 2 atom stereocenters. The Morgan fingerprint density at radius 1 is 1.45 bits per heavy atom. The minimum atomic E-state index is -0.479. The van der Waals surface area contributed by atoms with Gasteiger partial charge in [-0.3, -0.25) is 4.79 Å². The van der Waals surface area contributed by atoms with Crippen LogP contribution in [0.5, 0.6) is 5.75 Å². The number of ether oxygens (including phenoxy) is 1. The molecule has 110 valence electrons. The van der Waals surface area contributed by atoms with Gasteiger partial charge in [0, 0.05) is 5.69 Å². The monoisotopic (exact) mass is 278 g/mol. The van der Waals surface area contributed by atoms with Gasteiger partial charge in [0.15, 0.2) is 0 Å². The molecule has 2 unspecified atom stereocenters. The Morgan fingerprint density at radius 2 is 2.20 bits per heavy atom. The number of anilines is 1. The van der Waals surface area contributed by atoms with Crippen LogP contribution >= 0.6 is 0 Å². The zero-order chi connectivity index (χ0) is 14.5. The summed E-state index contributed by atoms with van der Waals surface area (Å²) in [5.74, 6) is 0.202. The first-order valence-electron chi connectivity index (χ1n) is 7.13. The van der Waals surface area contributed by atoms with Gasteiger partial charge in [0.2, 0.25) is 0 Å². The number of nitrogen functional groups attached to an aromatic ring is 1. The highest BCUT2D eigenvalue weighted by molar-refractivity contribution is 6.02. The summed E-state index contributed by atoms with van der Waals surface area (Å²) in [6, 6.07) is 4.96. The highest BCUT2D eigenvalue weighted by atomic mass is 16.5. The van der Waals surface area contributed by atoms with Gasteiger partial charge in [-0.25, -0.2) is 0 Å². The molecule has 1 amide bonds. The molecule has 5 heteroatoms. The summed E-state index contributed by atoms with van der Waals surface area (Å²) in [5.41, 5.74) is 6.63. The third-order valence-corrected chi connectivity index (χ3v) is 3.63. The molecule has 1 aliphatic rings. The van der Waals surface area contributed by atoms with E-state index in [1.54, 1.807) is 18.2 Å². The molecular formula is C15H22N2O3. The van der Waals surface area contributed by atoms with Gasteiger partial charge in [-0.2, -0.15) is 0 Å². The van der Waals surface area contributed by atoms with E-state index in [1.165, 1.54) is 0 Å². The quantitative estimate of drug-likeness (QED) is 0.732.